The van der Waals surface area contributed by atoms with Crippen LogP contribution in [0.2, 0.25) is 0 Å². The second-order valence-electron chi connectivity index (χ2n) is 11.6. The molecule has 2 saturated heterocycles. The number of carbonyl (C=O) groups excluding carboxylic acids is 1. The van der Waals surface area contributed by atoms with Crippen molar-refractivity contribution in [2.24, 2.45) is 0 Å². The van der Waals surface area contributed by atoms with Crippen LogP contribution in [-0.4, -0.2) is 80.7 Å². The Morgan fingerprint density at radius 3 is 2.78 bits per heavy atom. The maximum absolute atomic E-state index is 14.6. The van der Waals surface area contributed by atoms with Crippen molar-refractivity contribution in [1.82, 2.24) is 24.0 Å². The van der Waals surface area contributed by atoms with E-state index in [9.17, 15) is 14.0 Å². The predicted molar refractivity (Wildman–Crippen MR) is 176 cm³/mol. The van der Waals surface area contributed by atoms with Gasteiger partial charge in [-0.15, -0.1) is 0 Å². The molecule has 1 unspecified atom stereocenters. The van der Waals surface area contributed by atoms with Gasteiger partial charge in [0, 0.05) is 61.9 Å². The standard InChI is InChI=1S/C32H35FN8O3S/c1-4-29(42)35-23-14-24(27(44-2)15-25(23)39-16-21(17-39)38-11-8-22(18-38)45-3)36-31-34-9-7-28(37-31)41-26-13-20(33)12-19-6-5-10-40(30(19)26)32(41)43/h4,7,9,12-15,21-22H,1,5-6,8,10-11,16-18H2,2-3H3,(H,35,42)(H,34,36,37). The third-order valence-electron chi connectivity index (χ3n) is 9.00. The van der Waals surface area contributed by atoms with E-state index in [-0.39, 0.29) is 17.5 Å². The molecule has 2 fully saturated rings. The molecule has 1 atom stereocenters. The molecular formula is C32H35FN8O3S. The van der Waals surface area contributed by atoms with Crippen molar-refractivity contribution in [1.29, 1.82) is 0 Å². The predicted octanol–water partition coefficient (Wildman–Crippen LogP) is 4.17. The summed E-state index contributed by atoms with van der Waals surface area (Å²) in [6, 6.07) is 8.65. The van der Waals surface area contributed by atoms with Gasteiger partial charge < -0.3 is 20.3 Å². The summed E-state index contributed by atoms with van der Waals surface area (Å²) in [7, 11) is 1.58. The fourth-order valence-corrected chi connectivity index (χ4v) is 7.37. The summed E-state index contributed by atoms with van der Waals surface area (Å²) in [5.74, 6) is 0.335. The quantitative estimate of drug-likeness (QED) is 0.264. The number of aromatic nitrogens is 4. The van der Waals surface area contributed by atoms with Gasteiger partial charge in [-0.1, -0.05) is 6.58 Å². The number of rotatable bonds is 9. The van der Waals surface area contributed by atoms with Gasteiger partial charge in [0.2, 0.25) is 11.9 Å². The highest BCUT2D eigenvalue weighted by molar-refractivity contribution is 7.99. The Kier molecular flexibility index (Phi) is 7.74. The first-order valence-corrected chi connectivity index (χ1v) is 16.4. The van der Waals surface area contributed by atoms with Crippen LogP contribution in [0.15, 0.2) is 54.0 Å². The zero-order chi connectivity index (χ0) is 31.2. The molecule has 11 nitrogen and oxygen atoms in total. The van der Waals surface area contributed by atoms with Crippen molar-refractivity contribution in [3.05, 3.63) is 71.0 Å². The summed E-state index contributed by atoms with van der Waals surface area (Å²) in [5, 5.41) is 6.83. The number of hydrogen-bond acceptors (Lipinski definition) is 9. The molecule has 0 bridgehead atoms. The smallest absolute Gasteiger partial charge is 0.334 e. The first-order valence-electron chi connectivity index (χ1n) is 15.1. The van der Waals surface area contributed by atoms with Gasteiger partial charge in [-0.2, -0.15) is 16.7 Å². The van der Waals surface area contributed by atoms with E-state index in [1.807, 2.05) is 17.8 Å². The van der Waals surface area contributed by atoms with Crippen LogP contribution in [0.1, 0.15) is 18.4 Å². The molecule has 0 aliphatic carbocycles. The van der Waals surface area contributed by atoms with E-state index < -0.39 is 5.82 Å². The summed E-state index contributed by atoms with van der Waals surface area (Å²) in [4.78, 5) is 39.8. The van der Waals surface area contributed by atoms with Crippen LogP contribution in [0.4, 0.5) is 27.4 Å². The highest BCUT2D eigenvalue weighted by Gasteiger charge is 2.37. The number of amides is 1. The van der Waals surface area contributed by atoms with Gasteiger partial charge in [-0.3, -0.25) is 14.3 Å². The highest BCUT2D eigenvalue weighted by Crippen LogP contribution is 2.41. The summed E-state index contributed by atoms with van der Waals surface area (Å²) in [5.41, 5.74) is 3.73. The Labute approximate surface area is 264 Å². The normalized spacial score (nSPS) is 18.2. The van der Waals surface area contributed by atoms with Crippen LogP contribution in [-0.2, 0) is 17.8 Å². The molecule has 45 heavy (non-hydrogen) atoms. The highest BCUT2D eigenvalue weighted by atomic mass is 32.2. The molecule has 0 spiro atoms. The Morgan fingerprint density at radius 2 is 2.02 bits per heavy atom. The number of imidazole rings is 1. The van der Waals surface area contributed by atoms with Crippen LogP contribution in [0.25, 0.3) is 16.9 Å². The van der Waals surface area contributed by atoms with E-state index in [0.717, 1.165) is 49.4 Å². The molecule has 3 aliphatic heterocycles. The maximum Gasteiger partial charge on any atom is 0.334 e. The average molecular weight is 631 g/mol. The number of anilines is 4. The molecule has 13 heteroatoms. The number of carbonyl (C=O) groups is 1. The fraction of sp³-hybridized carbons (Fsp3) is 0.375. The topological polar surface area (TPSA) is 110 Å². The third-order valence-corrected chi connectivity index (χ3v) is 10.1. The van der Waals surface area contributed by atoms with Gasteiger partial charge >= 0.3 is 5.69 Å². The number of benzene rings is 2. The second kappa shape index (κ2) is 11.9. The third kappa shape index (κ3) is 5.33. The SMILES string of the molecule is C=CC(=O)Nc1cc(Nc2nccc(-n3c(=O)n4c5c(cc(F)cc53)CCC4)n2)c(OC)cc1N1CC(N2CCC(SC)C2)C1. The minimum absolute atomic E-state index is 0.209. The number of halogens is 1. The minimum atomic E-state index is -0.394. The van der Waals surface area contributed by atoms with Gasteiger partial charge in [-0.25, -0.2) is 18.7 Å². The molecule has 4 aromatic rings. The van der Waals surface area contributed by atoms with E-state index >= 15 is 0 Å². The van der Waals surface area contributed by atoms with Crippen LogP contribution in [0.5, 0.6) is 5.75 Å². The molecular weight excluding hydrogens is 595 g/mol. The zero-order valence-corrected chi connectivity index (χ0v) is 26.1. The largest absolute Gasteiger partial charge is 0.494 e. The van der Waals surface area contributed by atoms with E-state index in [0.29, 0.717) is 52.7 Å². The fourth-order valence-electron chi connectivity index (χ4n) is 6.68. The van der Waals surface area contributed by atoms with Crippen molar-refractivity contribution >= 4 is 51.7 Å². The lowest BCUT2D eigenvalue weighted by molar-refractivity contribution is -0.111. The molecule has 2 aromatic heterocycles. The number of nitrogens with one attached hydrogen (secondary N) is 2. The number of aryl methyl sites for hydroxylation is 2. The zero-order valence-electron chi connectivity index (χ0n) is 25.3. The lowest BCUT2D eigenvalue weighted by Crippen LogP contribution is -2.59. The lowest BCUT2D eigenvalue weighted by atomic mass is 10.0. The van der Waals surface area contributed by atoms with Gasteiger partial charge in [-0.05, 0) is 55.8 Å². The average Bonchev–Trinajstić information content (AvgIpc) is 3.60. The van der Waals surface area contributed by atoms with Crippen molar-refractivity contribution in [2.75, 3.05) is 55.1 Å². The van der Waals surface area contributed by atoms with Crippen molar-refractivity contribution < 1.29 is 13.9 Å². The molecule has 5 heterocycles. The van der Waals surface area contributed by atoms with Gasteiger partial charge in [0.05, 0.1) is 35.2 Å². The van der Waals surface area contributed by atoms with Crippen LogP contribution in [0, 0.1) is 5.82 Å². The summed E-state index contributed by atoms with van der Waals surface area (Å²) < 4.78 is 23.5. The molecule has 1 amide bonds. The Balaban J connectivity index is 1.20. The number of ether oxygens (including phenoxy) is 1. The Bertz CT molecular complexity index is 1870. The molecule has 2 N–H and O–H groups in total. The number of likely N-dealkylation sites (tertiary alicyclic amines) is 1. The van der Waals surface area contributed by atoms with E-state index in [2.05, 4.69) is 43.2 Å². The van der Waals surface area contributed by atoms with Crippen molar-refractivity contribution in [3.63, 3.8) is 0 Å². The maximum atomic E-state index is 14.6. The van der Waals surface area contributed by atoms with E-state index in [1.165, 1.54) is 29.2 Å². The van der Waals surface area contributed by atoms with E-state index in [1.54, 1.807) is 30.0 Å². The molecule has 0 radical (unpaired) electrons. The van der Waals surface area contributed by atoms with Gasteiger partial charge in [0.15, 0.2) is 0 Å². The van der Waals surface area contributed by atoms with Gasteiger partial charge in [0.1, 0.15) is 17.4 Å². The summed E-state index contributed by atoms with van der Waals surface area (Å²) >= 11 is 1.93. The van der Waals surface area contributed by atoms with E-state index in [4.69, 9.17) is 4.74 Å². The van der Waals surface area contributed by atoms with Crippen molar-refractivity contribution in [2.45, 2.75) is 37.1 Å². The first-order chi connectivity index (χ1) is 21.9. The molecule has 2 aromatic carbocycles. The first kappa shape index (κ1) is 29.4. The molecule has 234 valence electrons. The number of methoxy groups -OCH3 is 1. The van der Waals surface area contributed by atoms with Crippen LogP contribution < -0.4 is 26.0 Å². The monoisotopic (exact) mass is 630 g/mol. The molecule has 0 saturated carbocycles. The number of hydrogen-bond donors (Lipinski definition) is 2. The Hall–Kier alpha value is -4.36. The summed E-state index contributed by atoms with van der Waals surface area (Å²) in [6.07, 6.45) is 7.64. The summed E-state index contributed by atoms with van der Waals surface area (Å²) in [6.45, 7) is 8.09. The number of thioether (sulfide) groups is 1. The minimum Gasteiger partial charge on any atom is -0.494 e. The number of nitrogens with zero attached hydrogens (tertiary/aromatic N) is 6. The Morgan fingerprint density at radius 1 is 1.18 bits per heavy atom. The van der Waals surface area contributed by atoms with Crippen LogP contribution >= 0.6 is 11.8 Å². The lowest BCUT2D eigenvalue weighted by Gasteiger charge is -2.46. The molecule has 7 rings (SSSR count). The van der Waals surface area contributed by atoms with Crippen molar-refractivity contribution in [3.8, 4) is 11.6 Å². The van der Waals surface area contributed by atoms with Crippen LogP contribution in [0.3, 0.4) is 0 Å². The molecule has 3 aliphatic rings. The van der Waals surface area contributed by atoms with Gasteiger partial charge in [0.25, 0.3) is 0 Å². The second-order valence-corrected chi connectivity index (χ2v) is 12.8.